The van der Waals surface area contributed by atoms with E-state index in [1.54, 1.807) is 24.3 Å². The van der Waals surface area contributed by atoms with E-state index in [2.05, 4.69) is 15.3 Å². The van der Waals surface area contributed by atoms with Crippen LogP contribution in [0.5, 0.6) is 0 Å². The van der Waals surface area contributed by atoms with Crippen molar-refractivity contribution in [1.29, 1.82) is 0 Å². The number of H-pyrrole nitrogens is 1. The Bertz CT molecular complexity index is 716. The quantitative estimate of drug-likeness (QED) is 0.777. The van der Waals surface area contributed by atoms with Gasteiger partial charge in [-0.15, -0.1) is 0 Å². The molecule has 0 spiro atoms. The summed E-state index contributed by atoms with van der Waals surface area (Å²) in [6, 6.07) is 14.5. The summed E-state index contributed by atoms with van der Waals surface area (Å²) in [6.07, 6.45) is 0. The van der Waals surface area contributed by atoms with Crippen LogP contribution in [0.15, 0.2) is 48.5 Å². The average molecular weight is 286 g/mol. The van der Waals surface area contributed by atoms with E-state index in [1.807, 2.05) is 24.3 Å². The third-order valence-corrected chi connectivity index (χ3v) is 3.21. The molecule has 0 radical (unpaired) electrons. The molecule has 0 fully saturated rings. The minimum Gasteiger partial charge on any atom is -0.345 e. The van der Waals surface area contributed by atoms with Gasteiger partial charge < -0.3 is 10.3 Å². The lowest BCUT2D eigenvalue weighted by Crippen LogP contribution is -2.23. The van der Waals surface area contributed by atoms with Gasteiger partial charge in [0, 0.05) is 10.6 Å². The van der Waals surface area contributed by atoms with Crippen LogP contribution in [0.25, 0.3) is 11.0 Å². The molecular formula is C15H12ClN3O. The van der Waals surface area contributed by atoms with Crippen LogP contribution in [0.2, 0.25) is 5.02 Å². The molecule has 0 atom stereocenters. The largest absolute Gasteiger partial charge is 0.345 e. The number of carbonyl (C=O) groups is 1. The number of nitrogens with zero attached hydrogens (tertiary/aromatic N) is 1. The molecule has 1 heterocycles. The smallest absolute Gasteiger partial charge is 0.251 e. The molecule has 0 aliphatic heterocycles. The van der Waals surface area contributed by atoms with E-state index in [0.717, 1.165) is 16.9 Å². The van der Waals surface area contributed by atoms with Gasteiger partial charge in [0.05, 0.1) is 17.6 Å². The molecule has 100 valence electrons. The number of aromatic amines is 1. The van der Waals surface area contributed by atoms with Gasteiger partial charge in [0.25, 0.3) is 5.91 Å². The maximum absolute atomic E-state index is 11.9. The van der Waals surface area contributed by atoms with E-state index in [0.29, 0.717) is 17.1 Å². The standard InChI is InChI=1S/C15H12ClN3O/c16-11-7-5-10(6-8-11)15(20)17-9-14-18-12-3-1-2-4-13(12)19-14/h1-8H,9H2,(H,17,20)(H,18,19). The zero-order chi connectivity index (χ0) is 13.9. The molecule has 0 aliphatic rings. The van der Waals surface area contributed by atoms with E-state index in [4.69, 9.17) is 11.6 Å². The van der Waals surface area contributed by atoms with Crippen molar-refractivity contribution in [3.8, 4) is 0 Å². The number of benzene rings is 2. The summed E-state index contributed by atoms with van der Waals surface area (Å²) < 4.78 is 0. The number of para-hydroxylation sites is 2. The molecule has 2 aromatic carbocycles. The monoisotopic (exact) mass is 285 g/mol. The summed E-state index contributed by atoms with van der Waals surface area (Å²) in [6.45, 7) is 0.357. The van der Waals surface area contributed by atoms with Crippen LogP contribution >= 0.6 is 11.6 Å². The number of halogens is 1. The molecule has 2 N–H and O–H groups in total. The van der Waals surface area contributed by atoms with E-state index in [9.17, 15) is 4.79 Å². The lowest BCUT2D eigenvalue weighted by Gasteiger charge is -2.03. The third-order valence-electron chi connectivity index (χ3n) is 2.96. The average Bonchev–Trinajstić information content (AvgIpc) is 2.88. The number of carbonyl (C=O) groups excluding carboxylic acids is 1. The second-order valence-corrected chi connectivity index (χ2v) is 4.83. The zero-order valence-corrected chi connectivity index (χ0v) is 11.3. The molecule has 0 saturated carbocycles. The number of rotatable bonds is 3. The molecule has 3 aromatic rings. The second kappa shape index (κ2) is 5.35. The molecule has 5 heteroatoms. The van der Waals surface area contributed by atoms with Crippen molar-refractivity contribution in [2.24, 2.45) is 0 Å². The van der Waals surface area contributed by atoms with Crippen LogP contribution in [0.4, 0.5) is 0 Å². The molecule has 20 heavy (non-hydrogen) atoms. The van der Waals surface area contributed by atoms with Crippen molar-refractivity contribution >= 4 is 28.5 Å². The molecular weight excluding hydrogens is 274 g/mol. The Balaban J connectivity index is 1.69. The Morgan fingerprint density at radius 3 is 2.65 bits per heavy atom. The third kappa shape index (κ3) is 2.65. The highest BCUT2D eigenvalue weighted by Gasteiger charge is 2.07. The molecule has 0 unspecified atom stereocenters. The minimum absolute atomic E-state index is 0.151. The molecule has 3 rings (SSSR count). The van der Waals surface area contributed by atoms with Gasteiger partial charge in [0.1, 0.15) is 5.82 Å². The molecule has 0 bridgehead atoms. The maximum atomic E-state index is 11.9. The first kappa shape index (κ1) is 12.7. The normalized spacial score (nSPS) is 10.7. The van der Waals surface area contributed by atoms with E-state index < -0.39 is 0 Å². The molecule has 0 saturated heterocycles. The number of aromatic nitrogens is 2. The Kier molecular flexibility index (Phi) is 3.39. The zero-order valence-electron chi connectivity index (χ0n) is 10.6. The molecule has 1 aromatic heterocycles. The number of hydrogen-bond acceptors (Lipinski definition) is 2. The second-order valence-electron chi connectivity index (χ2n) is 4.39. The van der Waals surface area contributed by atoms with Gasteiger partial charge in [-0.1, -0.05) is 23.7 Å². The van der Waals surface area contributed by atoms with E-state index in [1.165, 1.54) is 0 Å². The van der Waals surface area contributed by atoms with Crippen molar-refractivity contribution in [2.75, 3.05) is 0 Å². The van der Waals surface area contributed by atoms with Crippen molar-refractivity contribution < 1.29 is 4.79 Å². The number of fused-ring (bicyclic) bond motifs is 1. The van der Waals surface area contributed by atoms with Crippen LogP contribution in [0.1, 0.15) is 16.2 Å². The molecule has 4 nitrogen and oxygen atoms in total. The highest BCUT2D eigenvalue weighted by Crippen LogP contribution is 2.11. The highest BCUT2D eigenvalue weighted by atomic mass is 35.5. The highest BCUT2D eigenvalue weighted by molar-refractivity contribution is 6.30. The molecule has 1 amide bonds. The van der Waals surface area contributed by atoms with Gasteiger partial charge in [-0.3, -0.25) is 4.79 Å². The topological polar surface area (TPSA) is 57.8 Å². The fourth-order valence-corrected chi connectivity index (χ4v) is 2.08. The van der Waals surface area contributed by atoms with Gasteiger partial charge in [0.2, 0.25) is 0 Å². The maximum Gasteiger partial charge on any atom is 0.251 e. The summed E-state index contributed by atoms with van der Waals surface area (Å²) in [7, 11) is 0. The Hall–Kier alpha value is -2.33. The number of nitrogens with one attached hydrogen (secondary N) is 2. The first-order valence-corrected chi connectivity index (χ1v) is 6.57. The van der Waals surface area contributed by atoms with Crippen LogP contribution in [-0.4, -0.2) is 15.9 Å². The lowest BCUT2D eigenvalue weighted by atomic mass is 10.2. The Morgan fingerprint density at radius 1 is 1.15 bits per heavy atom. The first-order chi connectivity index (χ1) is 9.72. The summed E-state index contributed by atoms with van der Waals surface area (Å²) in [5.41, 5.74) is 2.43. The van der Waals surface area contributed by atoms with Crippen LogP contribution in [0.3, 0.4) is 0 Å². The molecule has 0 aliphatic carbocycles. The fraction of sp³-hybridized carbons (Fsp3) is 0.0667. The fourth-order valence-electron chi connectivity index (χ4n) is 1.96. The van der Waals surface area contributed by atoms with Crippen LogP contribution in [-0.2, 0) is 6.54 Å². The van der Waals surface area contributed by atoms with Crippen molar-refractivity contribution in [1.82, 2.24) is 15.3 Å². The first-order valence-electron chi connectivity index (χ1n) is 6.20. The van der Waals surface area contributed by atoms with Gasteiger partial charge in [0.15, 0.2) is 0 Å². The lowest BCUT2D eigenvalue weighted by molar-refractivity contribution is 0.0950. The van der Waals surface area contributed by atoms with Crippen LogP contribution < -0.4 is 5.32 Å². The Labute approximate surface area is 120 Å². The van der Waals surface area contributed by atoms with Gasteiger partial charge in [-0.2, -0.15) is 0 Å². The summed E-state index contributed by atoms with van der Waals surface area (Å²) in [5, 5.41) is 3.43. The summed E-state index contributed by atoms with van der Waals surface area (Å²) in [5.74, 6) is 0.579. The van der Waals surface area contributed by atoms with E-state index in [-0.39, 0.29) is 5.91 Å². The number of imidazole rings is 1. The number of hydrogen-bond donors (Lipinski definition) is 2. The predicted octanol–water partition coefficient (Wildman–Crippen LogP) is 3.15. The van der Waals surface area contributed by atoms with Gasteiger partial charge in [-0.25, -0.2) is 4.98 Å². The SMILES string of the molecule is O=C(NCc1nc2ccccc2[nH]1)c1ccc(Cl)cc1. The van der Waals surface area contributed by atoms with Crippen molar-refractivity contribution in [3.63, 3.8) is 0 Å². The minimum atomic E-state index is -0.151. The van der Waals surface area contributed by atoms with Gasteiger partial charge in [-0.05, 0) is 36.4 Å². The van der Waals surface area contributed by atoms with Crippen molar-refractivity contribution in [2.45, 2.75) is 6.54 Å². The van der Waals surface area contributed by atoms with Crippen molar-refractivity contribution in [3.05, 3.63) is 64.9 Å². The van der Waals surface area contributed by atoms with E-state index >= 15 is 0 Å². The van der Waals surface area contributed by atoms with Crippen LogP contribution in [0, 0.1) is 0 Å². The summed E-state index contributed by atoms with van der Waals surface area (Å²) in [4.78, 5) is 19.5. The number of amides is 1. The summed E-state index contributed by atoms with van der Waals surface area (Å²) >= 11 is 5.79. The van der Waals surface area contributed by atoms with Gasteiger partial charge >= 0.3 is 0 Å². The Morgan fingerprint density at radius 2 is 1.90 bits per heavy atom. The predicted molar refractivity (Wildman–Crippen MR) is 78.7 cm³/mol.